The first-order valence-electron chi connectivity index (χ1n) is 8.93. The van der Waals surface area contributed by atoms with Crippen LogP contribution in [-0.4, -0.2) is 51.8 Å². The molecule has 2 unspecified atom stereocenters. The number of aromatic nitrogens is 2. The maximum atomic E-state index is 14.0. The Labute approximate surface area is 157 Å². The smallest absolute Gasteiger partial charge is 0.252 e. The summed E-state index contributed by atoms with van der Waals surface area (Å²) in [6.45, 7) is 4.63. The summed E-state index contributed by atoms with van der Waals surface area (Å²) in [6.07, 6.45) is 2.20. The van der Waals surface area contributed by atoms with Gasteiger partial charge in [-0.15, -0.1) is 0 Å². The molecular formula is C19H25FN4O3. The summed E-state index contributed by atoms with van der Waals surface area (Å²) in [4.78, 5) is 11.9. The van der Waals surface area contributed by atoms with Gasteiger partial charge in [0.15, 0.2) is 0 Å². The van der Waals surface area contributed by atoms with Crippen LogP contribution in [0.3, 0.4) is 0 Å². The summed E-state index contributed by atoms with van der Waals surface area (Å²) in [5.74, 6) is -0.357. The van der Waals surface area contributed by atoms with Crippen LogP contribution in [-0.2, 0) is 6.54 Å². The molecule has 0 saturated carbocycles. The summed E-state index contributed by atoms with van der Waals surface area (Å²) >= 11 is 0. The van der Waals surface area contributed by atoms with E-state index in [4.69, 9.17) is 10.5 Å². The summed E-state index contributed by atoms with van der Waals surface area (Å²) in [7, 11) is 0. The van der Waals surface area contributed by atoms with Crippen molar-refractivity contribution in [2.75, 3.05) is 13.1 Å². The lowest BCUT2D eigenvalue weighted by Crippen LogP contribution is -2.44. The predicted octanol–water partition coefficient (Wildman–Crippen LogP) is 1.50. The van der Waals surface area contributed by atoms with E-state index >= 15 is 0 Å². The lowest BCUT2D eigenvalue weighted by molar-refractivity contribution is 0.0577. The fourth-order valence-electron chi connectivity index (χ4n) is 3.09. The Kier molecular flexibility index (Phi) is 5.48. The third kappa shape index (κ3) is 4.84. The molecule has 7 nitrogen and oxygen atoms in total. The number of nitrogens with two attached hydrogens (primary N) is 1. The Hall–Kier alpha value is -2.45. The molecule has 2 atom stereocenters. The van der Waals surface area contributed by atoms with Crippen LogP contribution in [0.15, 0.2) is 30.6 Å². The zero-order chi connectivity index (χ0) is 19.6. The minimum atomic E-state index is -1.14. The molecule has 4 N–H and O–H groups in total. The topological polar surface area (TPSA) is 102 Å². The van der Waals surface area contributed by atoms with E-state index in [1.165, 1.54) is 0 Å². The highest BCUT2D eigenvalue weighted by molar-refractivity contribution is 5.97. The predicted molar refractivity (Wildman–Crippen MR) is 99.3 cm³/mol. The highest BCUT2D eigenvalue weighted by Gasteiger charge is 2.27. The average molecular weight is 376 g/mol. The fraction of sp³-hybridized carbons (Fsp3) is 0.474. The van der Waals surface area contributed by atoms with Crippen molar-refractivity contribution in [3.8, 4) is 16.9 Å². The van der Waals surface area contributed by atoms with Gasteiger partial charge in [-0.3, -0.25) is 9.48 Å². The molecule has 27 heavy (non-hydrogen) atoms. The number of carbonyl (C=O) groups is 1. The van der Waals surface area contributed by atoms with Gasteiger partial charge < -0.3 is 20.9 Å². The van der Waals surface area contributed by atoms with E-state index in [0.717, 1.165) is 11.1 Å². The van der Waals surface area contributed by atoms with Gasteiger partial charge in [0.25, 0.3) is 5.91 Å². The van der Waals surface area contributed by atoms with Gasteiger partial charge in [-0.25, -0.2) is 4.39 Å². The molecule has 1 aliphatic heterocycles. The molecule has 1 aromatic carbocycles. The van der Waals surface area contributed by atoms with Crippen molar-refractivity contribution >= 4 is 5.91 Å². The van der Waals surface area contributed by atoms with E-state index in [0.29, 0.717) is 19.5 Å². The van der Waals surface area contributed by atoms with Gasteiger partial charge >= 0.3 is 0 Å². The number of amides is 1. The van der Waals surface area contributed by atoms with E-state index in [-0.39, 0.29) is 17.9 Å². The van der Waals surface area contributed by atoms with E-state index < -0.39 is 23.8 Å². The van der Waals surface area contributed by atoms with Gasteiger partial charge in [-0.1, -0.05) is 6.07 Å². The number of nitrogens with zero attached hydrogens (tertiary/aromatic N) is 2. The Morgan fingerprint density at radius 1 is 1.48 bits per heavy atom. The second-order valence-corrected chi connectivity index (χ2v) is 7.48. The van der Waals surface area contributed by atoms with Gasteiger partial charge in [0.2, 0.25) is 0 Å². The molecule has 8 heteroatoms. The molecule has 1 saturated heterocycles. The van der Waals surface area contributed by atoms with Gasteiger partial charge in [0.05, 0.1) is 23.9 Å². The van der Waals surface area contributed by atoms with Crippen LogP contribution in [0.2, 0.25) is 0 Å². The molecule has 0 bridgehead atoms. The summed E-state index contributed by atoms with van der Waals surface area (Å²) < 4.78 is 21.4. The number of aliphatic hydroxyl groups is 1. The number of carbonyl (C=O) groups excluding carboxylic acids is 1. The van der Waals surface area contributed by atoms with Crippen LogP contribution >= 0.6 is 0 Å². The van der Waals surface area contributed by atoms with Gasteiger partial charge in [0.1, 0.15) is 18.0 Å². The molecule has 1 aliphatic rings. The van der Waals surface area contributed by atoms with Crippen molar-refractivity contribution in [1.82, 2.24) is 15.1 Å². The first kappa shape index (κ1) is 19.3. The molecule has 0 aliphatic carbocycles. The summed E-state index contributed by atoms with van der Waals surface area (Å²) in [6, 6.07) is 5.04. The van der Waals surface area contributed by atoms with Crippen LogP contribution in [0, 0.1) is 0 Å². The van der Waals surface area contributed by atoms with Crippen molar-refractivity contribution in [2.45, 2.75) is 44.7 Å². The molecule has 0 spiro atoms. The quantitative estimate of drug-likeness (QED) is 0.709. The molecule has 1 amide bonds. The molecule has 3 rings (SSSR count). The number of benzene rings is 1. The SMILES string of the molecule is CC(C)(O)Cn1cc(-c2ccc(OC3CCNCC3F)c(C(N)=O)c2)cn1. The number of ether oxygens (including phenoxy) is 1. The second-order valence-electron chi connectivity index (χ2n) is 7.48. The molecule has 146 valence electrons. The first-order chi connectivity index (χ1) is 12.7. The van der Waals surface area contributed by atoms with Gasteiger partial charge in [0, 0.05) is 18.3 Å². The third-order valence-corrected chi connectivity index (χ3v) is 4.39. The monoisotopic (exact) mass is 376 g/mol. The molecular weight excluding hydrogens is 351 g/mol. The number of hydrogen-bond donors (Lipinski definition) is 3. The van der Waals surface area contributed by atoms with Crippen molar-refractivity contribution < 1.29 is 19.0 Å². The second kappa shape index (κ2) is 7.66. The lowest BCUT2D eigenvalue weighted by Gasteiger charge is -2.28. The lowest BCUT2D eigenvalue weighted by atomic mass is 10.0. The molecule has 1 fully saturated rings. The van der Waals surface area contributed by atoms with Crippen molar-refractivity contribution in [3.05, 3.63) is 36.2 Å². The number of rotatable bonds is 6. The summed E-state index contributed by atoms with van der Waals surface area (Å²) in [5, 5.41) is 17.1. The highest BCUT2D eigenvalue weighted by Crippen LogP contribution is 2.29. The average Bonchev–Trinajstić information content (AvgIpc) is 3.03. The maximum Gasteiger partial charge on any atom is 0.252 e. The van der Waals surface area contributed by atoms with E-state index in [1.807, 2.05) is 0 Å². The fourth-order valence-corrected chi connectivity index (χ4v) is 3.09. The van der Waals surface area contributed by atoms with E-state index in [9.17, 15) is 14.3 Å². The third-order valence-electron chi connectivity index (χ3n) is 4.39. The summed E-state index contributed by atoms with van der Waals surface area (Å²) in [5.41, 5.74) is 6.33. The van der Waals surface area contributed by atoms with Crippen LogP contribution in [0.1, 0.15) is 30.6 Å². The Bertz CT molecular complexity index is 816. The first-order valence-corrected chi connectivity index (χ1v) is 8.93. The standard InChI is InChI=1S/C19H25FN4O3/c1-19(2,26)11-24-10-13(8-23-24)12-3-4-16(14(7-12)18(21)25)27-17-5-6-22-9-15(17)20/h3-4,7-8,10,15,17,22,26H,5-6,9,11H2,1-2H3,(H2,21,25). The zero-order valence-electron chi connectivity index (χ0n) is 15.5. The van der Waals surface area contributed by atoms with Crippen LogP contribution in [0.5, 0.6) is 5.75 Å². The van der Waals surface area contributed by atoms with E-state index in [2.05, 4.69) is 10.4 Å². The van der Waals surface area contributed by atoms with Gasteiger partial charge in [-0.2, -0.15) is 5.10 Å². The minimum Gasteiger partial charge on any atom is -0.486 e. The Balaban J connectivity index is 1.84. The molecule has 2 aromatic rings. The van der Waals surface area contributed by atoms with Crippen molar-refractivity contribution in [2.24, 2.45) is 5.73 Å². The maximum absolute atomic E-state index is 14.0. The number of halogens is 1. The number of alkyl halides is 1. The Morgan fingerprint density at radius 2 is 2.26 bits per heavy atom. The van der Waals surface area contributed by atoms with Crippen LogP contribution in [0.25, 0.3) is 11.1 Å². The molecule has 2 heterocycles. The number of piperidine rings is 1. The highest BCUT2D eigenvalue weighted by atomic mass is 19.1. The Morgan fingerprint density at radius 3 is 2.93 bits per heavy atom. The van der Waals surface area contributed by atoms with Crippen molar-refractivity contribution in [1.29, 1.82) is 0 Å². The van der Waals surface area contributed by atoms with Crippen LogP contribution < -0.4 is 15.8 Å². The number of hydrogen-bond acceptors (Lipinski definition) is 5. The minimum absolute atomic E-state index is 0.202. The normalized spacial score (nSPS) is 20.4. The van der Waals surface area contributed by atoms with Crippen LogP contribution in [0.4, 0.5) is 4.39 Å². The number of primary amides is 1. The molecule has 0 radical (unpaired) electrons. The van der Waals surface area contributed by atoms with Crippen molar-refractivity contribution in [3.63, 3.8) is 0 Å². The van der Waals surface area contributed by atoms with Gasteiger partial charge in [-0.05, 0) is 44.5 Å². The van der Waals surface area contributed by atoms with E-state index in [1.54, 1.807) is 49.1 Å². The zero-order valence-corrected chi connectivity index (χ0v) is 15.5. The number of nitrogens with one attached hydrogen (secondary N) is 1. The molecule has 1 aromatic heterocycles. The largest absolute Gasteiger partial charge is 0.486 e.